The van der Waals surface area contributed by atoms with Gasteiger partial charge in [0.25, 0.3) is 0 Å². The Morgan fingerprint density at radius 2 is 2.00 bits per heavy atom. The van der Waals surface area contributed by atoms with Crippen LogP contribution in [0.4, 0.5) is 0 Å². The number of Topliss-reactive ketones (excluding diaryl/α,β-unsaturated/α-hetero) is 1. The number of hydrogen-bond donors (Lipinski definition) is 0. The monoisotopic (exact) mass is 350 g/mol. The summed E-state index contributed by atoms with van der Waals surface area (Å²) >= 11 is 1.62. The number of aromatic nitrogens is 2. The highest BCUT2D eigenvalue weighted by molar-refractivity contribution is 7.23. The van der Waals surface area contributed by atoms with Gasteiger partial charge in [0.2, 0.25) is 5.78 Å². The molecule has 0 spiro atoms. The van der Waals surface area contributed by atoms with Crippen molar-refractivity contribution in [1.82, 2.24) is 9.38 Å². The van der Waals surface area contributed by atoms with Crippen molar-refractivity contribution in [2.24, 2.45) is 0 Å². The second-order valence-electron chi connectivity index (χ2n) is 5.54. The van der Waals surface area contributed by atoms with Crippen molar-refractivity contribution >= 4 is 38.3 Å². The zero-order valence-electron chi connectivity index (χ0n) is 13.4. The van der Waals surface area contributed by atoms with Crippen molar-refractivity contribution in [3.8, 4) is 17.0 Å². The van der Waals surface area contributed by atoms with Crippen molar-refractivity contribution in [3.63, 3.8) is 0 Å². The van der Waals surface area contributed by atoms with Gasteiger partial charge >= 0.3 is 5.97 Å². The van der Waals surface area contributed by atoms with E-state index in [4.69, 9.17) is 4.74 Å². The molecule has 0 aliphatic carbocycles. The Balaban J connectivity index is 1.70. The maximum Gasteiger partial charge on any atom is 0.379 e. The van der Waals surface area contributed by atoms with Crippen LogP contribution in [0.25, 0.3) is 26.4 Å². The van der Waals surface area contributed by atoms with Gasteiger partial charge in [-0.3, -0.25) is 9.20 Å². The highest BCUT2D eigenvalue weighted by Crippen LogP contribution is 2.30. The first-order valence-electron chi connectivity index (χ1n) is 7.88. The van der Waals surface area contributed by atoms with Crippen LogP contribution in [-0.2, 0) is 9.59 Å². The van der Waals surface area contributed by atoms with Crippen molar-refractivity contribution in [3.05, 3.63) is 54.7 Å². The lowest BCUT2D eigenvalue weighted by atomic mass is 10.1. The molecule has 25 heavy (non-hydrogen) atoms. The normalized spacial score (nSPS) is 11.1. The Labute approximate surface area is 147 Å². The average Bonchev–Trinajstić information content (AvgIpc) is 3.19. The minimum atomic E-state index is -0.837. The molecule has 0 bridgehead atoms. The Morgan fingerprint density at radius 3 is 2.84 bits per heavy atom. The van der Waals surface area contributed by atoms with Crippen LogP contribution in [0.3, 0.4) is 0 Å². The van der Waals surface area contributed by atoms with Gasteiger partial charge in [-0.2, -0.15) is 0 Å². The molecule has 6 heteroatoms. The fourth-order valence-corrected chi connectivity index (χ4v) is 3.62. The fraction of sp³-hybridized carbons (Fsp3) is 0.105. The summed E-state index contributed by atoms with van der Waals surface area (Å²) in [5.74, 6) is -1.04. The minimum Gasteiger partial charge on any atom is -0.421 e. The number of nitrogens with zero attached hydrogens (tertiary/aromatic N) is 2. The number of carbonyl (C=O) groups excluding carboxylic acids is 2. The smallest absolute Gasteiger partial charge is 0.379 e. The molecule has 124 valence electrons. The van der Waals surface area contributed by atoms with Crippen LogP contribution < -0.4 is 4.74 Å². The third-order valence-electron chi connectivity index (χ3n) is 3.89. The highest BCUT2D eigenvalue weighted by atomic mass is 32.1. The van der Waals surface area contributed by atoms with Crippen molar-refractivity contribution in [1.29, 1.82) is 0 Å². The molecule has 2 heterocycles. The predicted octanol–water partition coefficient (Wildman–Crippen LogP) is 4.10. The highest BCUT2D eigenvalue weighted by Gasteiger charge is 2.15. The summed E-state index contributed by atoms with van der Waals surface area (Å²) in [4.78, 5) is 28.6. The predicted molar refractivity (Wildman–Crippen MR) is 96.9 cm³/mol. The number of ether oxygens (including phenoxy) is 1. The number of thiazole rings is 1. The number of benzene rings is 2. The van der Waals surface area contributed by atoms with Crippen LogP contribution in [0, 0.1) is 0 Å². The van der Waals surface area contributed by atoms with Crippen molar-refractivity contribution < 1.29 is 14.3 Å². The summed E-state index contributed by atoms with van der Waals surface area (Å²) in [6.45, 7) is 1.63. The summed E-state index contributed by atoms with van der Waals surface area (Å²) in [5, 5.41) is 0. The first-order valence-corrected chi connectivity index (χ1v) is 8.69. The lowest BCUT2D eigenvalue weighted by Gasteiger charge is -2.04. The molecule has 0 aliphatic heterocycles. The van der Waals surface area contributed by atoms with E-state index in [1.807, 2.05) is 24.4 Å². The molecule has 2 aromatic carbocycles. The van der Waals surface area contributed by atoms with Gasteiger partial charge in [-0.15, -0.1) is 0 Å². The number of hydrogen-bond acceptors (Lipinski definition) is 5. The molecule has 0 radical (unpaired) electrons. The second kappa shape index (κ2) is 6.14. The zero-order chi connectivity index (χ0) is 17.4. The molecule has 2 aromatic heterocycles. The number of para-hydroxylation sites is 1. The minimum absolute atomic E-state index is 0.128. The molecule has 4 aromatic rings. The molecular weight excluding hydrogens is 336 g/mol. The van der Waals surface area contributed by atoms with Gasteiger partial charge in [0.1, 0.15) is 5.75 Å². The van der Waals surface area contributed by atoms with E-state index >= 15 is 0 Å². The summed E-state index contributed by atoms with van der Waals surface area (Å²) < 4.78 is 8.36. The van der Waals surface area contributed by atoms with Crippen molar-refractivity contribution in [2.75, 3.05) is 0 Å². The van der Waals surface area contributed by atoms with E-state index in [0.29, 0.717) is 5.75 Å². The Hall–Kier alpha value is -2.99. The number of imidazole rings is 1. The van der Waals surface area contributed by atoms with E-state index in [1.165, 1.54) is 4.70 Å². The summed E-state index contributed by atoms with van der Waals surface area (Å²) in [6, 6.07) is 15.2. The van der Waals surface area contributed by atoms with Gasteiger partial charge < -0.3 is 4.74 Å². The van der Waals surface area contributed by atoms with E-state index in [9.17, 15) is 9.59 Å². The van der Waals surface area contributed by atoms with Crippen LogP contribution in [0.5, 0.6) is 5.75 Å². The molecule has 4 rings (SSSR count). The summed E-state index contributed by atoms with van der Waals surface area (Å²) in [5.41, 5.74) is 2.73. The van der Waals surface area contributed by atoms with Crippen LogP contribution in [0.15, 0.2) is 54.7 Å². The van der Waals surface area contributed by atoms with E-state index in [0.717, 1.165) is 21.7 Å². The molecule has 5 nitrogen and oxygen atoms in total. The first kappa shape index (κ1) is 15.5. The largest absolute Gasteiger partial charge is 0.421 e. The first-order chi connectivity index (χ1) is 12.2. The molecule has 0 amide bonds. The molecule has 0 N–H and O–H groups in total. The van der Waals surface area contributed by atoms with Crippen LogP contribution in [0.2, 0.25) is 0 Å². The summed E-state index contributed by atoms with van der Waals surface area (Å²) in [7, 11) is 0. The van der Waals surface area contributed by atoms with E-state index < -0.39 is 11.8 Å². The average molecular weight is 350 g/mol. The standard InChI is InChI=1S/C19H14N2O3S/c1-2-16(22)18(23)24-13-7-5-6-12(10-13)14-11-21-15-8-3-4-9-17(15)25-19(21)20-14/h3-11H,2H2,1H3. The number of esters is 1. The quantitative estimate of drug-likeness (QED) is 0.316. The van der Waals surface area contributed by atoms with Gasteiger partial charge in [0.15, 0.2) is 4.96 Å². The zero-order valence-corrected chi connectivity index (χ0v) is 14.2. The van der Waals surface area contributed by atoms with E-state index in [2.05, 4.69) is 21.5 Å². The van der Waals surface area contributed by atoms with Gasteiger partial charge in [-0.25, -0.2) is 9.78 Å². The third kappa shape index (κ3) is 2.81. The SMILES string of the molecule is CCC(=O)C(=O)Oc1cccc(-c2cn3c(n2)sc2ccccc23)c1. The topological polar surface area (TPSA) is 60.7 Å². The van der Waals surface area contributed by atoms with Crippen LogP contribution in [0.1, 0.15) is 13.3 Å². The Bertz CT molecular complexity index is 1110. The number of fused-ring (bicyclic) bond motifs is 3. The number of rotatable bonds is 4. The van der Waals surface area contributed by atoms with Gasteiger partial charge in [-0.05, 0) is 24.3 Å². The Morgan fingerprint density at radius 1 is 1.16 bits per heavy atom. The van der Waals surface area contributed by atoms with Crippen LogP contribution >= 0.6 is 11.3 Å². The van der Waals surface area contributed by atoms with Gasteiger partial charge in [0.05, 0.1) is 15.9 Å². The fourth-order valence-electron chi connectivity index (χ4n) is 2.61. The van der Waals surface area contributed by atoms with Crippen LogP contribution in [-0.4, -0.2) is 21.1 Å². The third-order valence-corrected chi connectivity index (χ3v) is 4.92. The van der Waals surface area contributed by atoms with E-state index in [-0.39, 0.29) is 6.42 Å². The van der Waals surface area contributed by atoms with Gasteiger partial charge in [0, 0.05) is 18.2 Å². The molecule has 0 saturated carbocycles. The Kier molecular flexibility index (Phi) is 3.82. The lowest BCUT2D eigenvalue weighted by molar-refractivity contribution is -0.146. The lowest BCUT2D eigenvalue weighted by Crippen LogP contribution is -2.19. The molecule has 0 saturated heterocycles. The molecule has 0 aliphatic rings. The van der Waals surface area contributed by atoms with E-state index in [1.54, 1.807) is 36.5 Å². The second-order valence-corrected chi connectivity index (χ2v) is 6.55. The molecule has 0 fully saturated rings. The van der Waals surface area contributed by atoms with Crippen molar-refractivity contribution in [2.45, 2.75) is 13.3 Å². The van der Waals surface area contributed by atoms with Gasteiger partial charge in [-0.1, -0.05) is 42.5 Å². The molecular formula is C19H14N2O3S. The molecule has 0 unspecified atom stereocenters. The maximum atomic E-state index is 11.6. The number of ketones is 1. The maximum absolute atomic E-state index is 11.6. The number of carbonyl (C=O) groups is 2. The molecule has 0 atom stereocenters. The summed E-state index contributed by atoms with van der Waals surface area (Å²) in [6.07, 6.45) is 2.09.